The highest BCUT2D eigenvalue weighted by molar-refractivity contribution is 5.85. The first kappa shape index (κ1) is 16.3. The van der Waals surface area contributed by atoms with Crippen LogP contribution in [0.1, 0.15) is 23.2 Å². The van der Waals surface area contributed by atoms with Gasteiger partial charge in [0, 0.05) is 20.3 Å². The Hall–Kier alpha value is -3.14. The molecule has 1 aliphatic heterocycles. The van der Waals surface area contributed by atoms with E-state index in [0.717, 1.165) is 11.8 Å². The Kier molecular flexibility index (Phi) is 4.40. The average Bonchev–Trinajstić information content (AvgIpc) is 2.95. The molecule has 1 fully saturated rings. The topological polar surface area (TPSA) is 31.7 Å². The highest BCUT2D eigenvalue weighted by Crippen LogP contribution is 2.43. The van der Waals surface area contributed by atoms with Gasteiger partial charge in [0.05, 0.1) is 12.1 Å². The van der Waals surface area contributed by atoms with Crippen LogP contribution in [-0.2, 0) is 0 Å². The van der Waals surface area contributed by atoms with E-state index >= 15 is 0 Å². The van der Waals surface area contributed by atoms with Crippen molar-refractivity contribution in [3.05, 3.63) is 96.2 Å². The zero-order valence-electron chi connectivity index (χ0n) is 15.0. The van der Waals surface area contributed by atoms with Gasteiger partial charge in [0.1, 0.15) is 0 Å². The summed E-state index contributed by atoms with van der Waals surface area (Å²) in [5.74, 6) is 1.65. The Morgan fingerprint density at radius 2 is 1.19 bits per heavy atom. The lowest BCUT2D eigenvalue weighted by atomic mass is 9.93. The predicted octanol–water partition coefficient (Wildman–Crippen LogP) is 4.43. The van der Waals surface area contributed by atoms with E-state index in [-0.39, 0.29) is 12.1 Å². The molecule has 2 atom stereocenters. The fourth-order valence-corrected chi connectivity index (χ4v) is 3.71. The van der Waals surface area contributed by atoms with Crippen LogP contribution in [0.15, 0.2) is 90.1 Å². The van der Waals surface area contributed by atoms with E-state index in [0.29, 0.717) is 0 Å². The van der Waals surface area contributed by atoms with Gasteiger partial charge in [-0.3, -0.25) is 0 Å². The van der Waals surface area contributed by atoms with Gasteiger partial charge in [-0.25, -0.2) is 4.98 Å². The van der Waals surface area contributed by atoms with E-state index in [4.69, 9.17) is 4.99 Å². The lowest BCUT2D eigenvalue weighted by molar-refractivity contribution is 0.316. The Morgan fingerprint density at radius 3 is 1.65 bits per heavy atom. The van der Waals surface area contributed by atoms with Crippen molar-refractivity contribution in [3.8, 4) is 0 Å². The van der Waals surface area contributed by atoms with Gasteiger partial charge in [0.2, 0.25) is 5.96 Å². The molecule has 4 nitrogen and oxygen atoms in total. The number of aliphatic imine (C=N–C) groups is 1. The van der Waals surface area contributed by atoms with Crippen LogP contribution in [0.4, 0.5) is 5.82 Å². The number of hydrogen-bond acceptors (Lipinski definition) is 2. The Morgan fingerprint density at radius 1 is 0.692 bits per heavy atom. The molecule has 0 saturated carbocycles. The summed E-state index contributed by atoms with van der Waals surface area (Å²) in [6.07, 6.45) is 1.78. The van der Waals surface area contributed by atoms with Crippen molar-refractivity contribution in [2.75, 3.05) is 14.1 Å². The van der Waals surface area contributed by atoms with Gasteiger partial charge in [-0.05, 0) is 23.3 Å². The van der Waals surface area contributed by atoms with Crippen molar-refractivity contribution in [1.29, 1.82) is 0 Å². The molecule has 0 spiro atoms. The molecule has 3 aromatic rings. The smallest absolute Gasteiger partial charge is 0.204 e. The van der Waals surface area contributed by atoms with Crippen LogP contribution in [0, 0.1) is 0 Å². The van der Waals surface area contributed by atoms with Gasteiger partial charge in [-0.2, -0.15) is 4.99 Å². The molecule has 2 heterocycles. The zero-order chi connectivity index (χ0) is 17.9. The zero-order valence-corrected chi connectivity index (χ0v) is 15.0. The van der Waals surface area contributed by atoms with Crippen molar-refractivity contribution in [3.63, 3.8) is 0 Å². The number of aromatic nitrogens is 1. The molecule has 0 bridgehead atoms. The third kappa shape index (κ3) is 2.94. The van der Waals surface area contributed by atoms with E-state index in [1.807, 2.05) is 18.2 Å². The van der Waals surface area contributed by atoms with Crippen LogP contribution in [0.3, 0.4) is 0 Å². The van der Waals surface area contributed by atoms with Gasteiger partial charge in [-0.1, -0.05) is 66.7 Å². The van der Waals surface area contributed by atoms with Crippen LogP contribution in [0.5, 0.6) is 0 Å². The summed E-state index contributed by atoms with van der Waals surface area (Å²) in [5, 5.41) is 0. The van der Waals surface area contributed by atoms with Crippen LogP contribution in [0.25, 0.3) is 0 Å². The minimum absolute atomic E-state index is 0.186. The van der Waals surface area contributed by atoms with E-state index in [1.54, 1.807) is 6.20 Å². The molecule has 1 aromatic heterocycles. The lowest BCUT2D eigenvalue weighted by Gasteiger charge is -2.26. The summed E-state index contributed by atoms with van der Waals surface area (Å²) in [4.78, 5) is 13.7. The molecule has 2 aromatic carbocycles. The van der Waals surface area contributed by atoms with Crippen LogP contribution in [-0.4, -0.2) is 34.8 Å². The number of likely N-dealkylation sites (N-methyl/N-ethyl adjacent to an activating group) is 2. The number of benzene rings is 2. The van der Waals surface area contributed by atoms with Crippen molar-refractivity contribution < 1.29 is 0 Å². The molecule has 0 aliphatic carbocycles. The highest BCUT2D eigenvalue weighted by atomic mass is 15.5. The van der Waals surface area contributed by atoms with Crippen LogP contribution >= 0.6 is 0 Å². The molecular formula is C22H22N4. The molecule has 130 valence electrons. The molecule has 26 heavy (non-hydrogen) atoms. The molecule has 0 radical (unpaired) electrons. The highest BCUT2D eigenvalue weighted by Gasteiger charge is 2.42. The molecule has 4 rings (SSSR count). The monoisotopic (exact) mass is 342 g/mol. The average molecular weight is 342 g/mol. The van der Waals surface area contributed by atoms with Crippen LogP contribution in [0.2, 0.25) is 0 Å². The SMILES string of the molecule is CN1C(=Nc2ccccn2)N(C)[C@@H](c2ccccc2)[C@@H]1c1ccccc1. The molecular weight excluding hydrogens is 320 g/mol. The molecule has 0 unspecified atom stereocenters. The summed E-state index contributed by atoms with van der Waals surface area (Å²) < 4.78 is 0. The quantitative estimate of drug-likeness (QED) is 0.706. The normalized spacial score (nSPS) is 19.7. The predicted molar refractivity (Wildman–Crippen MR) is 105 cm³/mol. The Balaban J connectivity index is 1.81. The molecule has 1 saturated heterocycles. The number of nitrogens with zero attached hydrogens (tertiary/aromatic N) is 4. The second-order valence-corrected chi connectivity index (χ2v) is 6.53. The van der Waals surface area contributed by atoms with Crippen molar-refractivity contribution in [2.24, 2.45) is 4.99 Å². The van der Waals surface area contributed by atoms with Crippen molar-refractivity contribution >= 4 is 11.8 Å². The maximum Gasteiger partial charge on any atom is 0.204 e. The number of pyridine rings is 1. The summed E-state index contributed by atoms with van der Waals surface area (Å²) in [7, 11) is 4.22. The maximum atomic E-state index is 4.83. The largest absolute Gasteiger partial charge is 0.336 e. The summed E-state index contributed by atoms with van der Waals surface area (Å²) in [6, 6.07) is 27.4. The van der Waals surface area contributed by atoms with E-state index < -0.39 is 0 Å². The Labute approximate surface area is 154 Å². The first-order valence-corrected chi connectivity index (χ1v) is 8.81. The molecule has 4 heteroatoms. The van der Waals surface area contributed by atoms with E-state index in [1.165, 1.54) is 11.1 Å². The maximum absolute atomic E-state index is 4.83. The van der Waals surface area contributed by atoms with Gasteiger partial charge in [-0.15, -0.1) is 0 Å². The fourth-order valence-electron chi connectivity index (χ4n) is 3.71. The lowest BCUT2D eigenvalue weighted by Crippen LogP contribution is -2.29. The summed E-state index contributed by atoms with van der Waals surface area (Å²) in [6.45, 7) is 0. The van der Waals surface area contributed by atoms with Crippen molar-refractivity contribution in [2.45, 2.75) is 12.1 Å². The second-order valence-electron chi connectivity index (χ2n) is 6.53. The minimum Gasteiger partial charge on any atom is -0.336 e. The number of guanidine groups is 1. The van der Waals surface area contributed by atoms with Gasteiger partial charge < -0.3 is 9.80 Å². The first-order valence-electron chi connectivity index (χ1n) is 8.81. The second kappa shape index (κ2) is 7.00. The van der Waals surface area contributed by atoms with Crippen molar-refractivity contribution in [1.82, 2.24) is 14.8 Å². The fraction of sp³-hybridized carbons (Fsp3) is 0.182. The first-order chi connectivity index (χ1) is 12.8. The van der Waals surface area contributed by atoms with E-state index in [2.05, 4.69) is 89.5 Å². The Bertz CT molecular complexity index is 824. The minimum atomic E-state index is 0.186. The summed E-state index contributed by atoms with van der Waals surface area (Å²) in [5.41, 5.74) is 2.56. The number of hydrogen-bond donors (Lipinski definition) is 0. The van der Waals surface area contributed by atoms with Crippen LogP contribution < -0.4 is 0 Å². The molecule has 0 amide bonds. The molecule has 1 aliphatic rings. The summed E-state index contributed by atoms with van der Waals surface area (Å²) >= 11 is 0. The number of rotatable bonds is 3. The standard InChI is InChI=1S/C22H22N4/c1-25-20(17-11-5-3-6-12-17)21(18-13-7-4-8-14-18)26(2)22(25)24-19-15-9-10-16-23-19/h3-16,20-21H,1-2H3/t20-,21-/m0/s1. The van der Waals surface area contributed by atoms with Gasteiger partial charge in [0.15, 0.2) is 5.82 Å². The van der Waals surface area contributed by atoms with E-state index in [9.17, 15) is 0 Å². The van der Waals surface area contributed by atoms with Gasteiger partial charge >= 0.3 is 0 Å². The third-order valence-electron chi connectivity index (χ3n) is 4.91. The van der Waals surface area contributed by atoms with Gasteiger partial charge in [0.25, 0.3) is 0 Å². The molecule has 0 N–H and O–H groups in total. The third-order valence-corrected chi connectivity index (χ3v) is 4.91.